The molecule has 0 radical (unpaired) electrons. The number of hydrogen-bond acceptors (Lipinski definition) is 1. The minimum atomic E-state index is 0.266. The number of thioether (sulfide) groups is 1. The van der Waals surface area contributed by atoms with Crippen molar-refractivity contribution in [1.82, 2.24) is 0 Å². The van der Waals surface area contributed by atoms with Gasteiger partial charge in [0.15, 0.2) is 0 Å². The highest BCUT2D eigenvalue weighted by Gasteiger charge is 2.09. The van der Waals surface area contributed by atoms with E-state index in [1.807, 2.05) is 31.2 Å². The predicted molar refractivity (Wildman–Crippen MR) is 58.6 cm³/mol. The molecule has 0 heterocycles. The summed E-state index contributed by atoms with van der Waals surface area (Å²) in [5.74, 6) is 0. The molecule has 0 saturated heterocycles. The summed E-state index contributed by atoms with van der Waals surface area (Å²) >= 11 is 7.20. The summed E-state index contributed by atoms with van der Waals surface area (Å²) in [6.45, 7) is 2.05. The van der Waals surface area contributed by atoms with E-state index in [1.54, 1.807) is 0 Å². The molecule has 1 aromatic rings. The molecule has 2 nitrogen and oxygen atoms in total. The molecule has 0 spiro atoms. The Labute approximate surface area is 87.0 Å². The molecule has 0 amide bonds. The molecule has 0 unspecified atom stereocenters. The van der Waals surface area contributed by atoms with Crippen LogP contribution < -0.4 is 11.1 Å². The van der Waals surface area contributed by atoms with Gasteiger partial charge < -0.3 is 0 Å². The van der Waals surface area contributed by atoms with Crippen LogP contribution in [0.1, 0.15) is 17.7 Å². The average molecular weight is 216 g/mol. The SMILES string of the molecule is C[C@@H](SC(N)=[NH2+])c1ccc(Cl)cc1. The number of halogens is 1. The molecule has 70 valence electrons. The molecule has 4 N–H and O–H groups in total. The fourth-order valence-electron chi connectivity index (χ4n) is 1.01. The Morgan fingerprint density at radius 3 is 2.46 bits per heavy atom. The quantitative estimate of drug-likeness (QED) is 0.576. The highest BCUT2D eigenvalue weighted by molar-refractivity contribution is 8.13. The minimum Gasteiger partial charge on any atom is -0.282 e. The summed E-state index contributed by atoms with van der Waals surface area (Å²) in [6, 6.07) is 7.67. The van der Waals surface area contributed by atoms with Crippen LogP contribution in [0.15, 0.2) is 24.3 Å². The second kappa shape index (κ2) is 4.53. The molecule has 0 saturated carbocycles. The number of hydrogen-bond donors (Lipinski definition) is 2. The summed E-state index contributed by atoms with van der Waals surface area (Å²) in [5, 5.41) is 6.79. The van der Waals surface area contributed by atoms with Crippen molar-refractivity contribution in [3.63, 3.8) is 0 Å². The highest BCUT2D eigenvalue weighted by Crippen LogP contribution is 2.27. The monoisotopic (exact) mass is 215 g/mol. The largest absolute Gasteiger partial charge is 0.300 e. The lowest BCUT2D eigenvalue weighted by Gasteiger charge is -2.07. The van der Waals surface area contributed by atoms with Gasteiger partial charge in [0, 0.05) is 10.3 Å². The van der Waals surface area contributed by atoms with Gasteiger partial charge in [0.05, 0.1) is 0 Å². The zero-order chi connectivity index (χ0) is 9.84. The summed E-state index contributed by atoms with van der Waals surface area (Å²) in [7, 11) is 0. The fourth-order valence-corrected chi connectivity index (χ4v) is 1.83. The van der Waals surface area contributed by atoms with Crippen molar-refractivity contribution in [2.45, 2.75) is 12.2 Å². The van der Waals surface area contributed by atoms with Crippen LogP contribution in [-0.2, 0) is 0 Å². The van der Waals surface area contributed by atoms with Crippen LogP contribution in [0.25, 0.3) is 0 Å². The number of amidine groups is 1. The van der Waals surface area contributed by atoms with Gasteiger partial charge in [0.25, 0.3) is 5.17 Å². The van der Waals surface area contributed by atoms with Crippen LogP contribution in [0.5, 0.6) is 0 Å². The molecule has 0 aliphatic heterocycles. The van der Waals surface area contributed by atoms with E-state index in [9.17, 15) is 0 Å². The lowest BCUT2D eigenvalue weighted by atomic mass is 10.2. The molecule has 13 heavy (non-hydrogen) atoms. The van der Waals surface area contributed by atoms with E-state index in [2.05, 4.69) is 0 Å². The second-order valence-electron chi connectivity index (χ2n) is 2.71. The topological polar surface area (TPSA) is 51.6 Å². The Balaban J connectivity index is 2.71. The third-order valence-corrected chi connectivity index (χ3v) is 2.80. The van der Waals surface area contributed by atoms with Crippen molar-refractivity contribution < 1.29 is 5.41 Å². The molecule has 0 aliphatic rings. The van der Waals surface area contributed by atoms with Crippen LogP contribution in [-0.4, -0.2) is 5.17 Å². The van der Waals surface area contributed by atoms with E-state index in [-0.39, 0.29) is 5.25 Å². The van der Waals surface area contributed by atoms with Crippen molar-refractivity contribution >= 4 is 28.5 Å². The molecular weight excluding hydrogens is 204 g/mol. The van der Waals surface area contributed by atoms with Gasteiger partial charge in [-0.3, -0.25) is 11.1 Å². The first-order valence-electron chi connectivity index (χ1n) is 3.89. The third kappa shape index (κ3) is 3.28. The predicted octanol–water partition coefficient (Wildman–Crippen LogP) is 1.21. The summed E-state index contributed by atoms with van der Waals surface area (Å²) in [5.41, 5.74) is 6.56. The summed E-state index contributed by atoms with van der Waals surface area (Å²) in [4.78, 5) is 0. The zero-order valence-corrected chi connectivity index (χ0v) is 8.90. The Hall–Kier alpha value is -0.670. The van der Waals surface area contributed by atoms with E-state index >= 15 is 0 Å². The molecule has 0 aromatic heterocycles. The van der Waals surface area contributed by atoms with Crippen LogP contribution in [0.4, 0.5) is 0 Å². The van der Waals surface area contributed by atoms with Gasteiger partial charge in [-0.15, -0.1) is 0 Å². The van der Waals surface area contributed by atoms with E-state index in [0.29, 0.717) is 5.17 Å². The highest BCUT2D eigenvalue weighted by atomic mass is 35.5. The lowest BCUT2D eigenvalue weighted by molar-refractivity contribution is -0.110. The van der Waals surface area contributed by atoms with Crippen molar-refractivity contribution in [2.24, 2.45) is 5.73 Å². The molecule has 0 aliphatic carbocycles. The Morgan fingerprint density at radius 2 is 2.00 bits per heavy atom. The van der Waals surface area contributed by atoms with Gasteiger partial charge in [-0.25, -0.2) is 0 Å². The average Bonchev–Trinajstić information content (AvgIpc) is 2.04. The molecule has 1 rings (SSSR count). The number of benzene rings is 1. The number of nitrogens with two attached hydrogens (primary N) is 2. The first-order chi connectivity index (χ1) is 6.09. The van der Waals surface area contributed by atoms with Crippen molar-refractivity contribution in [2.75, 3.05) is 0 Å². The molecule has 0 bridgehead atoms. The van der Waals surface area contributed by atoms with Crippen molar-refractivity contribution in [1.29, 1.82) is 0 Å². The molecular formula is C9H12ClN2S+. The maximum absolute atomic E-state index is 5.76. The van der Waals surface area contributed by atoms with Crippen LogP contribution in [0.3, 0.4) is 0 Å². The number of rotatable bonds is 2. The summed E-state index contributed by atoms with van der Waals surface area (Å²) < 4.78 is 0. The van der Waals surface area contributed by atoms with Crippen LogP contribution in [0.2, 0.25) is 5.02 Å². The second-order valence-corrected chi connectivity index (χ2v) is 4.56. The standard InChI is InChI=1S/C9H11ClN2S/c1-6(13-9(11)12)7-2-4-8(10)5-3-7/h2-6H,1H3,(H3,11,12)/p+1/t6-/m1/s1. The first-order valence-corrected chi connectivity index (χ1v) is 5.15. The fraction of sp³-hybridized carbons (Fsp3) is 0.222. The first kappa shape index (κ1) is 10.4. The van der Waals surface area contributed by atoms with Gasteiger partial charge in [-0.2, -0.15) is 0 Å². The van der Waals surface area contributed by atoms with E-state index in [1.165, 1.54) is 17.3 Å². The zero-order valence-electron chi connectivity index (χ0n) is 7.33. The van der Waals surface area contributed by atoms with E-state index < -0.39 is 0 Å². The molecule has 1 aromatic carbocycles. The van der Waals surface area contributed by atoms with Gasteiger partial charge in [0.1, 0.15) is 0 Å². The maximum Gasteiger partial charge on any atom is 0.300 e. The van der Waals surface area contributed by atoms with Gasteiger partial charge >= 0.3 is 0 Å². The van der Waals surface area contributed by atoms with E-state index in [0.717, 1.165) is 5.02 Å². The Bertz CT molecular complexity index is 297. The van der Waals surface area contributed by atoms with Gasteiger partial charge in [-0.1, -0.05) is 23.7 Å². The third-order valence-electron chi connectivity index (χ3n) is 1.65. The van der Waals surface area contributed by atoms with E-state index in [4.69, 9.17) is 22.7 Å². The lowest BCUT2D eigenvalue weighted by Crippen LogP contribution is -2.43. The van der Waals surface area contributed by atoms with Crippen molar-refractivity contribution in [3.05, 3.63) is 34.9 Å². The smallest absolute Gasteiger partial charge is 0.282 e. The summed E-state index contributed by atoms with van der Waals surface area (Å²) in [6.07, 6.45) is 0. The van der Waals surface area contributed by atoms with Crippen LogP contribution >= 0.6 is 23.4 Å². The molecule has 0 fully saturated rings. The van der Waals surface area contributed by atoms with Gasteiger partial charge in [-0.05, 0) is 36.4 Å². The maximum atomic E-state index is 5.76. The molecule has 1 atom stereocenters. The minimum absolute atomic E-state index is 0.266. The molecule has 4 heteroatoms. The van der Waals surface area contributed by atoms with Gasteiger partial charge in [0.2, 0.25) is 0 Å². The normalized spacial score (nSPS) is 12.5. The Kier molecular flexibility index (Phi) is 3.63. The van der Waals surface area contributed by atoms with Crippen LogP contribution in [0, 0.1) is 0 Å². The van der Waals surface area contributed by atoms with Crippen molar-refractivity contribution in [3.8, 4) is 0 Å². The Morgan fingerprint density at radius 1 is 1.46 bits per heavy atom.